The Labute approximate surface area is 145 Å². The number of amides is 2. The number of H-pyrrole nitrogens is 1. The second-order valence-corrected chi connectivity index (χ2v) is 5.92. The third-order valence-corrected chi connectivity index (χ3v) is 3.26. The normalized spacial score (nSPS) is 12.0. The number of ether oxygens (including phenoxy) is 1. The van der Waals surface area contributed by atoms with Gasteiger partial charge >= 0.3 is 12.0 Å². The predicted molar refractivity (Wildman–Crippen MR) is 89.9 cm³/mol. The summed E-state index contributed by atoms with van der Waals surface area (Å²) in [5.74, 6) is 0.459. The van der Waals surface area contributed by atoms with Crippen LogP contribution in [-0.4, -0.2) is 43.6 Å². The van der Waals surface area contributed by atoms with Gasteiger partial charge in [0.15, 0.2) is 5.82 Å². The van der Waals surface area contributed by atoms with E-state index < -0.39 is 18.0 Å². The zero-order valence-electron chi connectivity index (χ0n) is 14.7. The fourth-order valence-electron chi connectivity index (χ4n) is 2.22. The molecule has 1 atom stereocenters. The first-order chi connectivity index (χ1) is 11.9. The minimum Gasteiger partial charge on any atom is -0.460 e. The van der Waals surface area contributed by atoms with Gasteiger partial charge in [0.25, 0.3) is 5.82 Å². The van der Waals surface area contributed by atoms with E-state index in [0.29, 0.717) is 18.1 Å². The number of aromatic amines is 1. The van der Waals surface area contributed by atoms with Crippen LogP contribution in [0.25, 0.3) is 0 Å². The van der Waals surface area contributed by atoms with Gasteiger partial charge in [-0.3, -0.25) is 15.1 Å². The molecule has 2 aromatic rings. The maximum atomic E-state index is 12.2. The molecule has 3 N–H and O–H groups in total. The summed E-state index contributed by atoms with van der Waals surface area (Å²) in [4.78, 5) is 28.0. The van der Waals surface area contributed by atoms with E-state index in [1.54, 1.807) is 30.9 Å². The maximum Gasteiger partial charge on any atom is 0.378 e. The molecule has 2 aromatic heterocycles. The Morgan fingerprint density at radius 1 is 1.40 bits per heavy atom. The number of rotatable bonds is 7. The van der Waals surface area contributed by atoms with Gasteiger partial charge in [0.1, 0.15) is 5.82 Å². The first kappa shape index (κ1) is 18.4. The molecule has 0 radical (unpaired) electrons. The molecule has 0 saturated carbocycles. The summed E-state index contributed by atoms with van der Waals surface area (Å²) in [6, 6.07) is 0.836. The van der Waals surface area contributed by atoms with Crippen LogP contribution in [0.15, 0.2) is 12.3 Å². The molecule has 10 heteroatoms. The third-order valence-electron chi connectivity index (χ3n) is 3.26. The molecule has 0 spiro atoms. The number of nitrogens with zero attached hydrogens (tertiary/aromatic N) is 4. The van der Waals surface area contributed by atoms with E-state index in [1.807, 2.05) is 13.8 Å². The molecule has 0 aromatic carbocycles. The minimum absolute atomic E-state index is 0.0578. The van der Waals surface area contributed by atoms with Gasteiger partial charge in [0, 0.05) is 19.3 Å². The summed E-state index contributed by atoms with van der Waals surface area (Å²) in [6.45, 7) is 5.99. The molecule has 10 nitrogen and oxygen atoms in total. The van der Waals surface area contributed by atoms with Gasteiger partial charge in [-0.15, -0.1) is 5.10 Å². The summed E-state index contributed by atoms with van der Waals surface area (Å²) in [5.41, 5.74) is 0. The Kier molecular flexibility index (Phi) is 6.09. The average Bonchev–Trinajstić information content (AvgIpc) is 3.15. The van der Waals surface area contributed by atoms with Crippen LogP contribution in [-0.2, 0) is 11.8 Å². The monoisotopic (exact) mass is 349 g/mol. The molecule has 136 valence electrons. The van der Waals surface area contributed by atoms with Crippen molar-refractivity contribution in [3.63, 3.8) is 0 Å². The highest BCUT2D eigenvalue weighted by atomic mass is 16.5. The van der Waals surface area contributed by atoms with Gasteiger partial charge in [-0.1, -0.05) is 13.8 Å². The second-order valence-electron chi connectivity index (χ2n) is 5.92. The van der Waals surface area contributed by atoms with Crippen LogP contribution in [0.4, 0.5) is 10.6 Å². The van der Waals surface area contributed by atoms with Crippen molar-refractivity contribution in [2.75, 3.05) is 11.9 Å². The van der Waals surface area contributed by atoms with Crippen LogP contribution in [0, 0.1) is 5.92 Å². The van der Waals surface area contributed by atoms with Crippen molar-refractivity contribution in [3.8, 4) is 0 Å². The van der Waals surface area contributed by atoms with Crippen LogP contribution in [0.5, 0.6) is 0 Å². The molecule has 25 heavy (non-hydrogen) atoms. The maximum absolute atomic E-state index is 12.2. The first-order valence-electron chi connectivity index (χ1n) is 8.05. The van der Waals surface area contributed by atoms with Crippen LogP contribution >= 0.6 is 0 Å². The van der Waals surface area contributed by atoms with Crippen molar-refractivity contribution in [2.45, 2.75) is 33.2 Å². The first-order valence-corrected chi connectivity index (χ1v) is 8.05. The summed E-state index contributed by atoms with van der Waals surface area (Å²) in [7, 11) is 1.76. The highest BCUT2D eigenvalue weighted by Gasteiger charge is 2.22. The number of urea groups is 1. The molecule has 0 saturated heterocycles. The van der Waals surface area contributed by atoms with Gasteiger partial charge in [-0.05, 0) is 19.3 Å². The SMILES string of the molecule is CCOC(=O)c1n[nH]c(C(CC(C)C)NC(=O)Nc2ccn(C)n2)n1. The number of anilines is 1. The van der Waals surface area contributed by atoms with Crippen molar-refractivity contribution >= 4 is 17.8 Å². The van der Waals surface area contributed by atoms with Gasteiger partial charge < -0.3 is 10.1 Å². The molecule has 2 heterocycles. The highest BCUT2D eigenvalue weighted by molar-refractivity contribution is 5.88. The lowest BCUT2D eigenvalue weighted by Gasteiger charge is -2.18. The van der Waals surface area contributed by atoms with Crippen LogP contribution in [0.1, 0.15) is 49.7 Å². The number of carbonyl (C=O) groups excluding carboxylic acids is 2. The average molecular weight is 349 g/mol. The fraction of sp³-hybridized carbons (Fsp3) is 0.533. The Balaban J connectivity index is 2.07. The number of nitrogens with one attached hydrogen (secondary N) is 3. The van der Waals surface area contributed by atoms with Gasteiger partial charge in [-0.2, -0.15) is 5.10 Å². The zero-order chi connectivity index (χ0) is 18.4. The summed E-state index contributed by atoms with van der Waals surface area (Å²) in [6.07, 6.45) is 2.34. The molecule has 0 aliphatic rings. The predicted octanol–water partition coefficient (Wildman–Crippen LogP) is 1.62. The number of esters is 1. The summed E-state index contributed by atoms with van der Waals surface area (Å²) < 4.78 is 6.46. The molecule has 0 bridgehead atoms. The molecule has 1 unspecified atom stereocenters. The van der Waals surface area contributed by atoms with Gasteiger partial charge in [0.2, 0.25) is 0 Å². The number of aromatic nitrogens is 5. The lowest BCUT2D eigenvalue weighted by Crippen LogP contribution is -2.34. The minimum atomic E-state index is -0.605. The lowest BCUT2D eigenvalue weighted by atomic mass is 10.0. The van der Waals surface area contributed by atoms with E-state index in [0.717, 1.165) is 0 Å². The van der Waals surface area contributed by atoms with Crippen LogP contribution < -0.4 is 10.6 Å². The Bertz CT molecular complexity index is 722. The Morgan fingerprint density at radius 3 is 2.76 bits per heavy atom. The summed E-state index contributed by atoms with van der Waals surface area (Å²) >= 11 is 0. The van der Waals surface area contributed by atoms with Crippen LogP contribution in [0.3, 0.4) is 0 Å². The Morgan fingerprint density at radius 2 is 2.16 bits per heavy atom. The number of aryl methyl sites for hydroxylation is 1. The number of carbonyl (C=O) groups is 2. The van der Waals surface area contributed by atoms with Gasteiger partial charge in [-0.25, -0.2) is 14.6 Å². The van der Waals surface area contributed by atoms with E-state index >= 15 is 0 Å². The van der Waals surface area contributed by atoms with Gasteiger partial charge in [0.05, 0.1) is 12.6 Å². The topological polar surface area (TPSA) is 127 Å². The summed E-state index contributed by atoms with van der Waals surface area (Å²) in [5, 5.41) is 16.1. The number of hydrogen-bond donors (Lipinski definition) is 3. The zero-order valence-corrected chi connectivity index (χ0v) is 14.7. The smallest absolute Gasteiger partial charge is 0.378 e. The van der Waals surface area contributed by atoms with Crippen molar-refractivity contribution in [1.82, 2.24) is 30.3 Å². The molecular weight excluding hydrogens is 326 g/mol. The number of hydrogen-bond acceptors (Lipinski definition) is 6. The molecular formula is C15H23N7O3. The standard InChI is InChI=1S/C15H23N7O3/c1-5-25-14(23)13-18-12(19-20-13)10(8-9(2)3)16-15(24)17-11-6-7-22(4)21-11/h6-7,9-10H,5,8H2,1-4H3,(H,18,19,20)(H2,16,17,21,24). The van der Waals surface area contributed by atoms with E-state index in [9.17, 15) is 9.59 Å². The van der Waals surface area contributed by atoms with Crippen molar-refractivity contribution in [2.24, 2.45) is 13.0 Å². The van der Waals surface area contributed by atoms with Crippen molar-refractivity contribution in [3.05, 3.63) is 23.9 Å². The Hall–Kier alpha value is -2.91. The fourth-order valence-corrected chi connectivity index (χ4v) is 2.22. The highest BCUT2D eigenvalue weighted by Crippen LogP contribution is 2.18. The molecule has 0 fully saturated rings. The van der Waals surface area contributed by atoms with E-state index in [1.165, 1.54) is 0 Å². The lowest BCUT2D eigenvalue weighted by molar-refractivity contribution is 0.0512. The molecule has 0 aliphatic carbocycles. The largest absolute Gasteiger partial charge is 0.460 e. The molecule has 0 aliphatic heterocycles. The second kappa shape index (κ2) is 8.27. The third kappa shape index (κ3) is 5.30. The van der Waals surface area contributed by atoms with Crippen molar-refractivity contribution < 1.29 is 14.3 Å². The van der Waals surface area contributed by atoms with E-state index in [4.69, 9.17) is 4.74 Å². The molecule has 2 rings (SSSR count). The van der Waals surface area contributed by atoms with E-state index in [2.05, 4.69) is 30.9 Å². The van der Waals surface area contributed by atoms with Crippen LogP contribution in [0.2, 0.25) is 0 Å². The van der Waals surface area contributed by atoms with Crippen molar-refractivity contribution in [1.29, 1.82) is 0 Å². The quantitative estimate of drug-likeness (QED) is 0.652. The molecule has 2 amide bonds. The van der Waals surface area contributed by atoms with E-state index in [-0.39, 0.29) is 18.3 Å².